The average molecular weight is 382 g/mol. The Bertz CT molecular complexity index is 826. The smallest absolute Gasteiger partial charge is 0.229 e. The van der Waals surface area contributed by atoms with Gasteiger partial charge in [0.1, 0.15) is 15.7 Å². The van der Waals surface area contributed by atoms with E-state index in [1.807, 2.05) is 0 Å². The zero-order chi connectivity index (χ0) is 17.0. The molecular weight excluding hydrogens is 365 g/mol. The molecule has 1 unspecified atom stereocenters. The number of rotatable bonds is 3. The van der Waals surface area contributed by atoms with Gasteiger partial charge >= 0.3 is 0 Å². The van der Waals surface area contributed by atoms with Crippen molar-refractivity contribution in [1.29, 1.82) is 0 Å². The number of hydrogen-bond acceptors (Lipinski definition) is 4. The molecule has 2 saturated heterocycles. The molecule has 0 saturated carbocycles. The summed E-state index contributed by atoms with van der Waals surface area (Å²) in [6.07, 6.45) is 3.10. The molecule has 5 nitrogen and oxygen atoms in total. The summed E-state index contributed by atoms with van der Waals surface area (Å²) in [5.74, 6) is -0.677. The molecule has 3 atom stereocenters. The van der Waals surface area contributed by atoms with E-state index in [0.717, 1.165) is 12.1 Å². The molecular formula is C14H17ClFNO4S2. The summed E-state index contributed by atoms with van der Waals surface area (Å²) in [6, 6.07) is 2.66. The molecule has 2 aliphatic rings. The Morgan fingerprint density at radius 2 is 1.70 bits per heavy atom. The Morgan fingerprint density at radius 3 is 2.17 bits per heavy atom. The number of fused-ring (bicyclic) bond motifs is 2. The molecule has 23 heavy (non-hydrogen) atoms. The summed E-state index contributed by atoms with van der Waals surface area (Å²) in [5, 5.41) is -0.743. The van der Waals surface area contributed by atoms with Crippen LogP contribution in [0.3, 0.4) is 0 Å². The molecule has 2 aliphatic heterocycles. The lowest BCUT2D eigenvalue weighted by molar-refractivity contribution is 0.249. The van der Waals surface area contributed by atoms with Crippen LogP contribution in [-0.2, 0) is 19.9 Å². The zero-order valence-corrected chi connectivity index (χ0v) is 14.8. The SMILES string of the molecule is CS(=O)(=O)C1C[C@H]2CC[C@@H](C1)N2S(=O)(=O)c1ccc(F)c(Cl)c1. The molecule has 1 aromatic carbocycles. The molecule has 0 aromatic heterocycles. The first kappa shape index (κ1) is 17.1. The van der Waals surface area contributed by atoms with Crippen molar-refractivity contribution < 1.29 is 21.2 Å². The first-order valence-electron chi connectivity index (χ1n) is 7.28. The fourth-order valence-corrected chi connectivity index (χ4v) is 6.89. The maximum Gasteiger partial charge on any atom is 0.243 e. The number of sulfonamides is 1. The van der Waals surface area contributed by atoms with Gasteiger partial charge in [-0.15, -0.1) is 0 Å². The highest BCUT2D eigenvalue weighted by Crippen LogP contribution is 2.41. The number of nitrogens with zero attached hydrogens (tertiary/aromatic N) is 1. The van der Waals surface area contributed by atoms with Gasteiger partial charge in [0.05, 0.1) is 15.2 Å². The summed E-state index contributed by atoms with van der Waals surface area (Å²) < 4.78 is 64.0. The van der Waals surface area contributed by atoms with Crippen LogP contribution in [0.4, 0.5) is 4.39 Å². The van der Waals surface area contributed by atoms with Crippen LogP contribution < -0.4 is 0 Å². The van der Waals surface area contributed by atoms with Gasteiger partial charge in [-0.2, -0.15) is 4.31 Å². The summed E-state index contributed by atoms with van der Waals surface area (Å²) >= 11 is 5.69. The number of sulfone groups is 1. The largest absolute Gasteiger partial charge is 0.243 e. The molecule has 0 amide bonds. The number of hydrogen-bond donors (Lipinski definition) is 0. The molecule has 0 radical (unpaired) electrons. The van der Waals surface area contributed by atoms with Crippen molar-refractivity contribution in [3.63, 3.8) is 0 Å². The van der Waals surface area contributed by atoms with Crippen LogP contribution in [0.1, 0.15) is 25.7 Å². The van der Waals surface area contributed by atoms with Crippen molar-refractivity contribution in [3.05, 3.63) is 29.0 Å². The molecule has 0 spiro atoms. The molecule has 3 rings (SSSR count). The van der Waals surface area contributed by atoms with Crippen LogP contribution >= 0.6 is 11.6 Å². The van der Waals surface area contributed by atoms with Crippen molar-refractivity contribution in [2.45, 2.75) is 47.9 Å². The highest BCUT2D eigenvalue weighted by atomic mass is 35.5. The topological polar surface area (TPSA) is 71.5 Å². The molecule has 2 fully saturated rings. The van der Waals surface area contributed by atoms with Crippen molar-refractivity contribution in [3.8, 4) is 0 Å². The number of piperidine rings is 1. The van der Waals surface area contributed by atoms with Crippen LogP contribution in [0.25, 0.3) is 0 Å². The summed E-state index contributed by atoms with van der Waals surface area (Å²) in [7, 11) is -7.01. The van der Waals surface area contributed by atoms with Gasteiger partial charge in [0.15, 0.2) is 0 Å². The van der Waals surface area contributed by atoms with Gasteiger partial charge in [-0.05, 0) is 43.9 Å². The molecule has 0 aliphatic carbocycles. The Balaban J connectivity index is 1.95. The lowest BCUT2D eigenvalue weighted by Crippen LogP contribution is -2.49. The second kappa shape index (κ2) is 5.68. The van der Waals surface area contributed by atoms with Gasteiger partial charge in [-0.25, -0.2) is 21.2 Å². The predicted molar refractivity (Wildman–Crippen MR) is 85.1 cm³/mol. The van der Waals surface area contributed by atoms with Gasteiger partial charge in [-0.3, -0.25) is 0 Å². The van der Waals surface area contributed by atoms with E-state index < -0.39 is 30.9 Å². The minimum absolute atomic E-state index is 0.0568. The molecule has 2 heterocycles. The monoisotopic (exact) mass is 381 g/mol. The van der Waals surface area contributed by atoms with Crippen LogP contribution in [0.5, 0.6) is 0 Å². The van der Waals surface area contributed by atoms with Gasteiger partial charge in [0, 0.05) is 18.3 Å². The van der Waals surface area contributed by atoms with E-state index in [2.05, 4.69) is 0 Å². The maximum atomic E-state index is 13.3. The third-order valence-electron chi connectivity index (χ3n) is 4.69. The lowest BCUT2D eigenvalue weighted by Gasteiger charge is -2.37. The average Bonchev–Trinajstić information content (AvgIpc) is 2.72. The van der Waals surface area contributed by atoms with Gasteiger partial charge in [0.2, 0.25) is 10.0 Å². The molecule has 0 N–H and O–H groups in total. The Labute approximate surface area is 140 Å². The number of halogens is 2. The quantitative estimate of drug-likeness (QED) is 0.804. The fraction of sp³-hybridized carbons (Fsp3) is 0.571. The lowest BCUT2D eigenvalue weighted by atomic mass is 10.1. The normalized spacial score (nSPS) is 28.9. The van der Waals surface area contributed by atoms with Crippen molar-refractivity contribution in [2.24, 2.45) is 0 Å². The minimum atomic E-state index is -3.82. The summed E-state index contributed by atoms with van der Waals surface area (Å²) in [6.45, 7) is 0. The Kier molecular flexibility index (Phi) is 4.23. The third kappa shape index (κ3) is 3.01. The van der Waals surface area contributed by atoms with Gasteiger partial charge in [0.25, 0.3) is 0 Å². The van der Waals surface area contributed by atoms with Crippen molar-refractivity contribution in [2.75, 3.05) is 6.26 Å². The van der Waals surface area contributed by atoms with E-state index >= 15 is 0 Å². The van der Waals surface area contributed by atoms with E-state index in [4.69, 9.17) is 11.6 Å². The molecule has 128 valence electrons. The van der Waals surface area contributed by atoms with E-state index in [-0.39, 0.29) is 22.0 Å². The fourth-order valence-electron chi connectivity index (χ4n) is 3.59. The van der Waals surface area contributed by atoms with Crippen LogP contribution in [0.2, 0.25) is 5.02 Å². The first-order chi connectivity index (χ1) is 10.6. The summed E-state index contributed by atoms with van der Waals surface area (Å²) in [5.41, 5.74) is 0. The zero-order valence-electron chi connectivity index (χ0n) is 12.4. The summed E-state index contributed by atoms with van der Waals surface area (Å²) in [4.78, 5) is -0.0568. The first-order valence-corrected chi connectivity index (χ1v) is 11.1. The Morgan fingerprint density at radius 1 is 1.13 bits per heavy atom. The second-order valence-electron chi connectivity index (χ2n) is 6.22. The Hall–Kier alpha value is -0.700. The van der Waals surface area contributed by atoms with E-state index in [1.54, 1.807) is 0 Å². The minimum Gasteiger partial charge on any atom is -0.229 e. The maximum absolute atomic E-state index is 13.3. The molecule has 9 heteroatoms. The number of benzene rings is 1. The van der Waals surface area contributed by atoms with Crippen molar-refractivity contribution in [1.82, 2.24) is 4.31 Å². The third-order valence-corrected chi connectivity index (χ3v) is 8.58. The van der Waals surface area contributed by atoms with Gasteiger partial charge in [-0.1, -0.05) is 11.6 Å². The van der Waals surface area contributed by atoms with E-state index in [0.29, 0.717) is 25.7 Å². The van der Waals surface area contributed by atoms with Gasteiger partial charge < -0.3 is 0 Å². The van der Waals surface area contributed by atoms with E-state index in [1.165, 1.54) is 16.6 Å². The highest BCUT2D eigenvalue weighted by molar-refractivity contribution is 7.91. The second-order valence-corrected chi connectivity index (χ2v) is 10.8. The highest BCUT2D eigenvalue weighted by Gasteiger charge is 2.49. The molecule has 1 aromatic rings. The van der Waals surface area contributed by atoms with Crippen molar-refractivity contribution >= 4 is 31.5 Å². The predicted octanol–water partition coefficient (Wildman–Crippen LogP) is 2.21. The van der Waals surface area contributed by atoms with Crippen LogP contribution in [0.15, 0.2) is 23.1 Å². The van der Waals surface area contributed by atoms with E-state index in [9.17, 15) is 21.2 Å². The molecule has 2 bridgehead atoms. The van der Waals surface area contributed by atoms with Crippen LogP contribution in [0, 0.1) is 5.82 Å². The van der Waals surface area contributed by atoms with Crippen LogP contribution in [-0.4, -0.2) is 44.7 Å². The standard InChI is InChI=1S/C14H17ClFNO4S2/c1-22(18,19)12-6-9-2-3-10(7-12)17(9)23(20,21)11-4-5-14(16)13(15)8-11/h4-5,8-10,12H,2-3,6-7H2,1H3/t9-,10+,12?.